The van der Waals surface area contributed by atoms with Crippen molar-refractivity contribution >= 4 is 29.0 Å². The molecule has 1 heterocycles. The molecule has 0 radical (unpaired) electrons. The van der Waals surface area contributed by atoms with Gasteiger partial charge in [-0.25, -0.2) is 9.97 Å². The second-order valence-electron chi connectivity index (χ2n) is 5.30. The monoisotopic (exact) mass is 318 g/mol. The van der Waals surface area contributed by atoms with Gasteiger partial charge in [-0.2, -0.15) is 0 Å². The van der Waals surface area contributed by atoms with Gasteiger partial charge in [-0.15, -0.1) is 0 Å². The first kappa shape index (κ1) is 16.2. The highest BCUT2D eigenvalue weighted by Gasteiger charge is 2.25. The molecule has 1 aromatic heterocycles. The molecule has 0 spiro atoms. The molecule has 22 heavy (non-hydrogen) atoms. The Morgan fingerprint density at radius 3 is 2.73 bits per heavy atom. The molecule has 0 aliphatic rings. The van der Waals surface area contributed by atoms with Gasteiger partial charge in [0.15, 0.2) is 5.82 Å². The minimum atomic E-state index is -0.302. The van der Waals surface area contributed by atoms with E-state index < -0.39 is 0 Å². The highest BCUT2D eigenvalue weighted by Crippen LogP contribution is 2.28. The second kappa shape index (κ2) is 7.22. The number of carbonyl (C=O) groups excluding carboxylic acids is 1. The van der Waals surface area contributed by atoms with Crippen molar-refractivity contribution in [1.29, 1.82) is 0 Å². The summed E-state index contributed by atoms with van der Waals surface area (Å²) in [5.74, 6) is 0.297. The molecule has 0 saturated heterocycles. The highest BCUT2D eigenvalue weighted by molar-refractivity contribution is 6.30. The molecule has 0 saturated carbocycles. The van der Waals surface area contributed by atoms with E-state index in [0.717, 1.165) is 5.56 Å². The summed E-state index contributed by atoms with van der Waals surface area (Å²) in [6, 6.07) is 7.39. The number of hydrogen-bond donors (Lipinski definition) is 2. The number of nitrogens with one attached hydrogen (secondary N) is 2. The fraction of sp³-hybridized carbons (Fsp3) is 0.312. The maximum Gasteiger partial charge on any atom is 0.232 e. The zero-order chi connectivity index (χ0) is 16.1. The van der Waals surface area contributed by atoms with E-state index in [-0.39, 0.29) is 17.7 Å². The first-order chi connectivity index (χ1) is 10.5. The molecule has 0 aliphatic heterocycles. The van der Waals surface area contributed by atoms with E-state index >= 15 is 0 Å². The predicted molar refractivity (Wildman–Crippen MR) is 89.2 cm³/mol. The lowest BCUT2D eigenvalue weighted by atomic mass is 9.87. The fourth-order valence-corrected chi connectivity index (χ4v) is 2.57. The van der Waals surface area contributed by atoms with Crippen molar-refractivity contribution in [3.63, 3.8) is 0 Å². The van der Waals surface area contributed by atoms with Gasteiger partial charge in [-0.1, -0.05) is 37.6 Å². The Balaban J connectivity index is 2.28. The Kier molecular flexibility index (Phi) is 5.33. The fourth-order valence-electron chi connectivity index (χ4n) is 2.37. The average molecular weight is 319 g/mol. The standard InChI is InChI=1S/C16H19ClN4O/c1-10(2)14(11-5-4-6-12(17)7-11)16(22)21-13-8-19-9-20-15(13)18-3/h4-10,14H,1-3H3,(H,21,22)(H,18,19,20). The number of halogens is 1. The summed E-state index contributed by atoms with van der Waals surface area (Å²) in [5.41, 5.74) is 1.45. The maximum atomic E-state index is 12.7. The topological polar surface area (TPSA) is 66.9 Å². The van der Waals surface area contributed by atoms with Crippen molar-refractivity contribution in [2.24, 2.45) is 5.92 Å². The van der Waals surface area contributed by atoms with Crippen LogP contribution in [0.1, 0.15) is 25.3 Å². The SMILES string of the molecule is CNc1ncncc1NC(=O)C(c1cccc(Cl)c1)C(C)C. The molecule has 2 rings (SSSR count). The van der Waals surface area contributed by atoms with Gasteiger partial charge in [0.25, 0.3) is 0 Å². The van der Waals surface area contributed by atoms with Gasteiger partial charge in [-0.3, -0.25) is 4.79 Å². The minimum absolute atomic E-state index is 0.108. The number of carbonyl (C=O) groups is 1. The first-order valence-electron chi connectivity index (χ1n) is 7.07. The summed E-state index contributed by atoms with van der Waals surface area (Å²) >= 11 is 6.04. The van der Waals surface area contributed by atoms with Gasteiger partial charge in [0, 0.05) is 12.1 Å². The normalized spacial score (nSPS) is 12.0. The van der Waals surface area contributed by atoms with Crippen LogP contribution in [0.2, 0.25) is 5.02 Å². The van der Waals surface area contributed by atoms with Crippen molar-refractivity contribution in [2.45, 2.75) is 19.8 Å². The van der Waals surface area contributed by atoms with Crippen molar-refractivity contribution in [1.82, 2.24) is 9.97 Å². The number of aromatic nitrogens is 2. The molecule has 1 unspecified atom stereocenters. The number of benzene rings is 1. The van der Waals surface area contributed by atoms with Crippen LogP contribution in [-0.2, 0) is 4.79 Å². The van der Waals surface area contributed by atoms with Crippen molar-refractivity contribution in [3.8, 4) is 0 Å². The molecule has 6 heteroatoms. The largest absolute Gasteiger partial charge is 0.371 e. The summed E-state index contributed by atoms with van der Waals surface area (Å²) in [5, 5.41) is 6.44. The minimum Gasteiger partial charge on any atom is -0.371 e. The summed E-state index contributed by atoms with van der Waals surface area (Å²) in [6.45, 7) is 4.01. The smallest absolute Gasteiger partial charge is 0.232 e. The van der Waals surface area contributed by atoms with Crippen LogP contribution >= 0.6 is 11.6 Å². The van der Waals surface area contributed by atoms with Gasteiger partial charge in [-0.05, 0) is 23.6 Å². The van der Waals surface area contributed by atoms with Crippen molar-refractivity contribution < 1.29 is 4.79 Å². The van der Waals surface area contributed by atoms with Crippen LogP contribution in [0.15, 0.2) is 36.8 Å². The number of anilines is 2. The van der Waals surface area contributed by atoms with Crippen LogP contribution < -0.4 is 10.6 Å². The number of nitrogens with zero attached hydrogens (tertiary/aromatic N) is 2. The van der Waals surface area contributed by atoms with Gasteiger partial charge >= 0.3 is 0 Å². The van der Waals surface area contributed by atoms with Crippen LogP contribution in [0.25, 0.3) is 0 Å². The number of hydrogen-bond acceptors (Lipinski definition) is 4. The Morgan fingerprint density at radius 1 is 1.32 bits per heavy atom. The highest BCUT2D eigenvalue weighted by atomic mass is 35.5. The molecule has 1 atom stereocenters. The third kappa shape index (κ3) is 3.74. The number of amides is 1. The van der Waals surface area contributed by atoms with E-state index in [1.54, 1.807) is 19.3 Å². The lowest BCUT2D eigenvalue weighted by molar-refractivity contribution is -0.118. The number of rotatable bonds is 5. The van der Waals surface area contributed by atoms with Gasteiger partial charge in [0.1, 0.15) is 12.0 Å². The summed E-state index contributed by atoms with van der Waals surface area (Å²) in [7, 11) is 1.74. The lowest BCUT2D eigenvalue weighted by Gasteiger charge is -2.21. The summed E-state index contributed by atoms with van der Waals surface area (Å²) in [4.78, 5) is 20.7. The van der Waals surface area contributed by atoms with Gasteiger partial charge in [0.05, 0.1) is 12.1 Å². The quantitative estimate of drug-likeness (QED) is 0.884. The zero-order valence-corrected chi connectivity index (χ0v) is 13.6. The average Bonchev–Trinajstić information content (AvgIpc) is 2.47. The predicted octanol–water partition coefficient (Wildman–Crippen LogP) is 3.55. The van der Waals surface area contributed by atoms with E-state index in [9.17, 15) is 4.79 Å². The summed E-state index contributed by atoms with van der Waals surface area (Å²) < 4.78 is 0. The first-order valence-corrected chi connectivity index (χ1v) is 7.44. The molecule has 5 nitrogen and oxygen atoms in total. The van der Waals surface area contributed by atoms with Crippen LogP contribution in [0.5, 0.6) is 0 Å². The van der Waals surface area contributed by atoms with E-state index in [1.165, 1.54) is 6.33 Å². The van der Waals surface area contributed by atoms with Crippen LogP contribution in [0, 0.1) is 5.92 Å². The molecule has 1 amide bonds. The Hall–Kier alpha value is -2.14. The van der Waals surface area contributed by atoms with Crippen LogP contribution in [0.4, 0.5) is 11.5 Å². The van der Waals surface area contributed by atoms with Crippen LogP contribution in [0.3, 0.4) is 0 Å². The Labute approximate surface area is 135 Å². The molecular weight excluding hydrogens is 300 g/mol. The van der Waals surface area contributed by atoms with E-state index in [2.05, 4.69) is 20.6 Å². The van der Waals surface area contributed by atoms with Crippen molar-refractivity contribution in [2.75, 3.05) is 17.7 Å². The molecule has 0 bridgehead atoms. The zero-order valence-electron chi connectivity index (χ0n) is 12.8. The Bertz CT molecular complexity index is 660. The molecule has 2 N–H and O–H groups in total. The van der Waals surface area contributed by atoms with Gasteiger partial charge in [0.2, 0.25) is 5.91 Å². The molecule has 116 valence electrons. The van der Waals surface area contributed by atoms with Crippen molar-refractivity contribution in [3.05, 3.63) is 47.4 Å². The van der Waals surface area contributed by atoms with E-state index in [0.29, 0.717) is 16.5 Å². The molecule has 0 fully saturated rings. The summed E-state index contributed by atoms with van der Waals surface area (Å²) in [6.07, 6.45) is 3.00. The molecule has 1 aromatic carbocycles. The third-order valence-electron chi connectivity index (χ3n) is 3.36. The Morgan fingerprint density at radius 2 is 2.09 bits per heavy atom. The lowest BCUT2D eigenvalue weighted by Crippen LogP contribution is -2.25. The maximum absolute atomic E-state index is 12.7. The van der Waals surface area contributed by atoms with Crippen LogP contribution in [-0.4, -0.2) is 22.9 Å². The van der Waals surface area contributed by atoms with E-state index in [1.807, 2.05) is 32.0 Å². The molecule has 0 aliphatic carbocycles. The second-order valence-corrected chi connectivity index (χ2v) is 5.74. The van der Waals surface area contributed by atoms with E-state index in [4.69, 9.17) is 11.6 Å². The third-order valence-corrected chi connectivity index (χ3v) is 3.60. The van der Waals surface area contributed by atoms with Gasteiger partial charge < -0.3 is 10.6 Å². The molecular formula is C16H19ClN4O. The molecule has 2 aromatic rings.